The lowest BCUT2D eigenvalue weighted by Gasteiger charge is -2.63. The Bertz CT molecular complexity index is 780. The predicted molar refractivity (Wildman–Crippen MR) is 110 cm³/mol. The maximum absolute atomic E-state index is 12.7. The van der Waals surface area contributed by atoms with Crippen molar-refractivity contribution in [3.8, 4) is 0 Å². The molecule has 1 N–H and O–H groups in total. The van der Waals surface area contributed by atoms with Crippen LogP contribution in [0.15, 0.2) is 11.8 Å². The number of nitrogens with zero attached hydrogens (tertiary/aromatic N) is 1. The molecule has 160 valence electrons. The molecule has 4 aliphatic rings. The molecule has 3 fully saturated rings. The molecule has 1 saturated heterocycles. The average molecular weight is 402 g/mol. The molecule has 5 heteroatoms. The van der Waals surface area contributed by atoms with Crippen LogP contribution in [0.25, 0.3) is 0 Å². The van der Waals surface area contributed by atoms with Gasteiger partial charge in [0, 0.05) is 35.2 Å². The minimum absolute atomic E-state index is 0.0563. The molecule has 1 heterocycles. The minimum Gasteiger partial charge on any atom is -0.481 e. The highest BCUT2D eigenvalue weighted by Gasteiger charge is 2.62. The van der Waals surface area contributed by atoms with Crippen LogP contribution in [0.3, 0.4) is 0 Å². The van der Waals surface area contributed by atoms with Crippen LogP contribution in [0.1, 0.15) is 66.7 Å². The van der Waals surface area contributed by atoms with Crippen LogP contribution in [-0.2, 0) is 14.4 Å². The largest absolute Gasteiger partial charge is 0.481 e. The van der Waals surface area contributed by atoms with Crippen LogP contribution in [0.5, 0.6) is 0 Å². The van der Waals surface area contributed by atoms with E-state index in [2.05, 4.69) is 39.5 Å². The highest BCUT2D eigenvalue weighted by molar-refractivity contribution is 6.05. The Balaban J connectivity index is 1.81. The average Bonchev–Trinajstić information content (AvgIpc) is 2.96. The number of likely N-dealkylation sites (tertiary alicyclic amines) is 1. The van der Waals surface area contributed by atoms with E-state index in [1.54, 1.807) is 6.08 Å². The van der Waals surface area contributed by atoms with Crippen molar-refractivity contribution in [2.45, 2.75) is 72.3 Å². The fraction of sp³-hybridized carbons (Fsp3) is 0.792. The van der Waals surface area contributed by atoms with Crippen LogP contribution in [0.2, 0.25) is 0 Å². The van der Waals surface area contributed by atoms with Crippen molar-refractivity contribution in [1.29, 1.82) is 0 Å². The predicted octanol–water partition coefficient (Wildman–Crippen LogP) is 3.92. The summed E-state index contributed by atoms with van der Waals surface area (Å²) in [5, 5.41) is 9.69. The molecule has 0 radical (unpaired) electrons. The number of ketones is 1. The number of aldehydes is 1. The van der Waals surface area contributed by atoms with Gasteiger partial charge in [0.1, 0.15) is 12.2 Å². The van der Waals surface area contributed by atoms with E-state index in [0.717, 1.165) is 37.9 Å². The van der Waals surface area contributed by atoms with Gasteiger partial charge in [0.05, 0.1) is 0 Å². The number of fused-ring (bicyclic) bond motifs is 5. The maximum Gasteiger partial charge on any atom is 0.314 e. The first-order chi connectivity index (χ1) is 13.4. The summed E-state index contributed by atoms with van der Waals surface area (Å²) in [5.74, 6) is -0.780. The van der Waals surface area contributed by atoms with Gasteiger partial charge in [0.25, 0.3) is 0 Å². The number of hydrogen-bond acceptors (Lipinski definition) is 4. The Morgan fingerprint density at radius 1 is 1.21 bits per heavy atom. The summed E-state index contributed by atoms with van der Waals surface area (Å²) in [6, 6.07) is 0. The molecule has 4 rings (SSSR count). The summed E-state index contributed by atoms with van der Waals surface area (Å²) >= 11 is 0. The van der Waals surface area contributed by atoms with Crippen molar-refractivity contribution in [2.75, 3.05) is 6.54 Å². The Labute approximate surface area is 173 Å². The number of rotatable bonds is 2. The van der Waals surface area contributed by atoms with E-state index >= 15 is 0 Å². The summed E-state index contributed by atoms with van der Waals surface area (Å²) in [4.78, 5) is 38.6. The van der Waals surface area contributed by atoms with Gasteiger partial charge < -0.3 is 14.8 Å². The van der Waals surface area contributed by atoms with E-state index in [1.165, 1.54) is 6.29 Å². The first-order valence-electron chi connectivity index (χ1n) is 11.2. The Hall–Kier alpha value is -1.65. The van der Waals surface area contributed by atoms with Crippen LogP contribution in [0.4, 0.5) is 0 Å². The third kappa shape index (κ3) is 2.83. The molecule has 2 saturated carbocycles. The van der Waals surface area contributed by atoms with Crippen LogP contribution in [-0.4, -0.2) is 40.1 Å². The molecule has 1 unspecified atom stereocenters. The molecule has 0 amide bonds. The molecule has 0 aromatic heterocycles. The molecule has 0 aromatic carbocycles. The zero-order valence-electron chi connectivity index (χ0n) is 18.4. The van der Waals surface area contributed by atoms with Gasteiger partial charge >= 0.3 is 5.97 Å². The van der Waals surface area contributed by atoms with E-state index in [4.69, 9.17) is 0 Å². The zero-order valence-corrected chi connectivity index (χ0v) is 18.4. The van der Waals surface area contributed by atoms with Crippen molar-refractivity contribution >= 4 is 18.0 Å². The first-order valence-corrected chi connectivity index (χ1v) is 11.2. The lowest BCUT2D eigenvalue weighted by atomic mass is 9.48. The third-order valence-corrected chi connectivity index (χ3v) is 9.12. The lowest BCUT2D eigenvalue weighted by molar-refractivity contribution is -0.151. The molecule has 29 heavy (non-hydrogen) atoms. The van der Waals surface area contributed by atoms with Gasteiger partial charge in [-0.25, -0.2) is 0 Å². The number of carboxylic acid groups (broad SMARTS) is 1. The van der Waals surface area contributed by atoms with Gasteiger partial charge in [0.15, 0.2) is 5.78 Å². The van der Waals surface area contributed by atoms with Crippen molar-refractivity contribution in [3.63, 3.8) is 0 Å². The normalized spacial score (nSPS) is 44.4. The molecule has 0 bridgehead atoms. The number of carbonyl (C=O) groups excluding carboxylic acids is 2. The third-order valence-electron chi connectivity index (χ3n) is 9.12. The monoisotopic (exact) mass is 401 g/mol. The first kappa shape index (κ1) is 20.6. The summed E-state index contributed by atoms with van der Waals surface area (Å²) in [6.45, 7) is 11.9. The minimum atomic E-state index is -1.00. The molecule has 0 spiro atoms. The lowest BCUT2D eigenvalue weighted by Crippen LogP contribution is -2.62. The summed E-state index contributed by atoms with van der Waals surface area (Å²) in [5.41, 5.74) is 0.640. The van der Waals surface area contributed by atoms with Gasteiger partial charge in [-0.1, -0.05) is 13.8 Å². The van der Waals surface area contributed by atoms with Gasteiger partial charge in [-0.05, 0) is 76.0 Å². The van der Waals surface area contributed by atoms with Gasteiger partial charge in [-0.2, -0.15) is 0 Å². The number of allylic oxidation sites excluding steroid dienone is 2. The number of aliphatic carboxylic acids is 1. The maximum atomic E-state index is 12.7. The Morgan fingerprint density at radius 3 is 2.48 bits per heavy atom. The second-order valence-corrected chi connectivity index (χ2v) is 11.5. The Morgan fingerprint density at radius 2 is 1.90 bits per heavy atom. The van der Waals surface area contributed by atoms with Crippen molar-refractivity contribution in [2.24, 2.45) is 40.4 Å². The number of carbonyl (C=O) groups is 3. The quantitative estimate of drug-likeness (QED) is 0.561. The van der Waals surface area contributed by atoms with Crippen molar-refractivity contribution < 1.29 is 19.5 Å². The second-order valence-electron chi connectivity index (χ2n) is 11.5. The molecule has 5 nitrogen and oxygen atoms in total. The van der Waals surface area contributed by atoms with E-state index in [-0.39, 0.29) is 28.1 Å². The molecule has 3 aliphatic carbocycles. The zero-order chi connectivity index (χ0) is 21.4. The van der Waals surface area contributed by atoms with E-state index < -0.39 is 11.9 Å². The Kier molecular flexibility index (Phi) is 4.57. The highest BCUT2D eigenvalue weighted by atomic mass is 16.4. The van der Waals surface area contributed by atoms with Gasteiger partial charge in [-0.15, -0.1) is 0 Å². The fourth-order valence-corrected chi connectivity index (χ4v) is 7.51. The molecule has 1 aliphatic heterocycles. The van der Waals surface area contributed by atoms with E-state index in [1.807, 2.05) is 0 Å². The summed E-state index contributed by atoms with van der Waals surface area (Å²) < 4.78 is 0. The van der Waals surface area contributed by atoms with Gasteiger partial charge in [0.2, 0.25) is 0 Å². The van der Waals surface area contributed by atoms with Crippen molar-refractivity contribution in [1.82, 2.24) is 4.90 Å². The van der Waals surface area contributed by atoms with Crippen LogP contribution < -0.4 is 0 Å². The fourth-order valence-electron chi connectivity index (χ4n) is 7.51. The topological polar surface area (TPSA) is 74.7 Å². The van der Waals surface area contributed by atoms with Crippen LogP contribution >= 0.6 is 0 Å². The summed E-state index contributed by atoms with van der Waals surface area (Å²) in [7, 11) is 0. The van der Waals surface area contributed by atoms with E-state index in [9.17, 15) is 19.5 Å². The number of carboxylic acids is 1. The molecule has 0 aromatic rings. The van der Waals surface area contributed by atoms with Crippen LogP contribution in [0, 0.1) is 40.4 Å². The smallest absolute Gasteiger partial charge is 0.314 e. The highest BCUT2D eigenvalue weighted by Crippen LogP contribution is 2.66. The number of piperidine rings is 1. The standard InChI is InChI=1S/C24H35NO4/c1-22(2,3)25-12-16-17-7-6-14(13-26)23(17,4)9-8-18(16)24(5)11-15(21(28)29)19(27)10-20(24)25/h10,13-18H,6-9,11-12H2,1-5H3,(H,28,29)/t14-,15?,16+,17+,18+,23-,24-/m1/s1. The van der Waals surface area contributed by atoms with E-state index in [0.29, 0.717) is 24.2 Å². The van der Waals surface area contributed by atoms with Crippen molar-refractivity contribution in [3.05, 3.63) is 11.8 Å². The second kappa shape index (κ2) is 6.42. The SMILES string of the molecule is CC(C)(C)N1C[C@H]2[C@@H]3CC[C@H](C=O)[C@@]3(C)CC[C@@H]2[C@@]2(C)CC(C(=O)O)C(=O)C=C12. The molecular formula is C24H35NO4. The number of hydrogen-bond donors (Lipinski definition) is 1. The molecular weight excluding hydrogens is 366 g/mol. The summed E-state index contributed by atoms with van der Waals surface area (Å²) in [6.07, 6.45) is 7.30. The van der Waals surface area contributed by atoms with Gasteiger partial charge in [-0.3, -0.25) is 9.59 Å². The molecule has 7 atom stereocenters.